The van der Waals surface area contributed by atoms with Crippen molar-refractivity contribution in [1.82, 2.24) is 0 Å². The molecule has 2 aromatic heterocycles. The molecule has 8 rings (SSSR count). The zero-order valence-corrected chi connectivity index (χ0v) is 31.7. The Bertz CT molecular complexity index is 2420. The number of nitrogens with zero attached hydrogens (tertiary/aromatic N) is 4. The van der Waals surface area contributed by atoms with Gasteiger partial charge in [0.15, 0.2) is 72.4 Å². The predicted octanol–water partition coefficient (Wildman–Crippen LogP) is 8.28. The zero-order chi connectivity index (χ0) is 37.4. The third kappa shape index (κ3) is 5.00. The molecule has 8 heteroatoms. The average Bonchev–Trinajstić information content (AvgIpc) is 3.51. The van der Waals surface area contributed by atoms with Crippen molar-refractivity contribution in [1.29, 1.82) is 10.5 Å². The number of benzene rings is 3. The molecule has 0 fully saturated rings. The van der Waals surface area contributed by atoms with E-state index in [1.807, 2.05) is 50.2 Å². The van der Waals surface area contributed by atoms with E-state index >= 15 is 0 Å². The van der Waals surface area contributed by atoms with Gasteiger partial charge in [0.05, 0.1) is 25.3 Å². The Morgan fingerprint density at radius 2 is 1.15 bits per heavy atom. The summed E-state index contributed by atoms with van der Waals surface area (Å²) in [5.41, 5.74) is 8.35. The molecule has 0 amide bonds. The fourth-order valence-electron chi connectivity index (χ4n) is 9.89. The number of ether oxygens (including phenoxy) is 4. The van der Waals surface area contributed by atoms with Crippen LogP contribution in [0, 0.1) is 36.5 Å². The van der Waals surface area contributed by atoms with Crippen LogP contribution in [0.4, 0.5) is 0 Å². The number of hydrogen-bond donors (Lipinski definition) is 0. The number of pyridine rings is 2. The van der Waals surface area contributed by atoms with Crippen molar-refractivity contribution >= 4 is 0 Å². The molecule has 1 unspecified atom stereocenters. The first kappa shape index (κ1) is 34.2. The van der Waals surface area contributed by atoms with Crippen LogP contribution in [0.2, 0.25) is 0 Å². The molecule has 5 aromatic rings. The maximum atomic E-state index is 10.3. The summed E-state index contributed by atoms with van der Waals surface area (Å²) in [5, 5.41) is 20.7. The lowest BCUT2D eigenvalue weighted by Crippen LogP contribution is -2.34. The van der Waals surface area contributed by atoms with Crippen LogP contribution in [0.5, 0.6) is 34.5 Å². The summed E-state index contributed by atoms with van der Waals surface area (Å²) >= 11 is 0. The first-order valence-electron chi connectivity index (χ1n) is 18.1. The van der Waals surface area contributed by atoms with Crippen molar-refractivity contribution in [2.75, 3.05) is 14.2 Å². The van der Waals surface area contributed by atoms with Crippen molar-refractivity contribution in [3.05, 3.63) is 129 Å². The standard InChI is InChI=1S/C45H44N4O4/c1-27-28(2)30(22-47)42-41(29(27)21-46)52-36-20-34-38(32(40(36)53-42)24-49-17-13-10-14-18-49)44(5,6)26-45(34)25-43(3,4)37-31(23-48-15-11-9-12-16-48)39(51-8)35(50-7)19-33(37)45/h9-20H,23-26H2,1-8H3/q+2. The van der Waals surface area contributed by atoms with E-state index in [0.29, 0.717) is 64.1 Å². The van der Waals surface area contributed by atoms with E-state index in [2.05, 4.69) is 85.9 Å². The lowest BCUT2D eigenvalue weighted by molar-refractivity contribution is -0.688. The Morgan fingerprint density at radius 3 is 1.66 bits per heavy atom. The van der Waals surface area contributed by atoms with E-state index in [1.54, 1.807) is 14.2 Å². The van der Waals surface area contributed by atoms with Gasteiger partial charge in [0.2, 0.25) is 0 Å². The van der Waals surface area contributed by atoms with Crippen LogP contribution >= 0.6 is 0 Å². The molecular formula is C45H44N4O4+2. The number of aromatic nitrogens is 2. The van der Waals surface area contributed by atoms with Gasteiger partial charge in [-0.15, -0.1) is 0 Å². The second-order valence-electron chi connectivity index (χ2n) is 16.0. The smallest absolute Gasteiger partial charge is 0.189 e. The number of fused-ring (bicyclic) bond motifs is 6. The minimum atomic E-state index is -0.402. The summed E-state index contributed by atoms with van der Waals surface area (Å²) in [4.78, 5) is 0. The summed E-state index contributed by atoms with van der Waals surface area (Å²) in [5.74, 6) is 3.21. The van der Waals surface area contributed by atoms with E-state index < -0.39 is 5.41 Å². The highest BCUT2D eigenvalue weighted by Gasteiger charge is 2.59. The van der Waals surface area contributed by atoms with Crippen LogP contribution in [-0.2, 0) is 29.3 Å². The third-order valence-corrected chi connectivity index (χ3v) is 11.8. The number of nitriles is 2. The number of rotatable bonds is 6. The summed E-state index contributed by atoms with van der Waals surface area (Å²) in [6.45, 7) is 14.2. The second-order valence-corrected chi connectivity index (χ2v) is 16.0. The van der Waals surface area contributed by atoms with Gasteiger partial charge < -0.3 is 18.9 Å². The lowest BCUT2D eigenvalue weighted by Gasteiger charge is -2.31. The Labute approximate surface area is 311 Å². The molecule has 266 valence electrons. The van der Waals surface area contributed by atoms with Crippen molar-refractivity contribution in [2.45, 2.75) is 83.7 Å². The molecule has 8 nitrogen and oxygen atoms in total. The van der Waals surface area contributed by atoms with Crippen LogP contribution in [0.3, 0.4) is 0 Å². The average molecular weight is 705 g/mol. The molecule has 3 aliphatic rings. The van der Waals surface area contributed by atoms with E-state index in [9.17, 15) is 10.5 Å². The fraction of sp³-hybridized carbons (Fsp3) is 0.333. The number of hydrogen-bond acceptors (Lipinski definition) is 6. The Kier molecular flexibility index (Phi) is 7.82. The van der Waals surface area contributed by atoms with Crippen molar-refractivity contribution in [3.63, 3.8) is 0 Å². The molecular weight excluding hydrogens is 661 g/mol. The topological polar surface area (TPSA) is 92.3 Å². The summed E-state index contributed by atoms with van der Waals surface area (Å²) < 4.78 is 30.3. The fourth-order valence-corrected chi connectivity index (χ4v) is 9.89. The molecule has 1 atom stereocenters. The van der Waals surface area contributed by atoms with Crippen LogP contribution in [0.15, 0.2) is 73.3 Å². The van der Waals surface area contributed by atoms with Crippen molar-refractivity contribution in [3.8, 4) is 46.6 Å². The SMILES string of the molecule is COc1cc2c(c(C[n+]3ccccc3)c1OC)C(C)(C)CC21CC(C)(C)c2c1cc1c(c2C[n+]2ccccc2)Oc2c(C#N)c(C)c(C)c(C#N)c2O1. The molecule has 0 saturated carbocycles. The van der Waals surface area contributed by atoms with E-state index in [-0.39, 0.29) is 10.8 Å². The predicted molar refractivity (Wildman–Crippen MR) is 199 cm³/mol. The molecule has 0 radical (unpaired) electrons. The first-order chi connectivity index (χ1) is 25.4. The Hall–Kier alpha value is -5.86. The molecule has 3 heterocycles. The molecule has 0 N–H and O–H groups in total. The van der Waals surface area contributed by atoms with Crippen LogP contribution in [0.1, 0.15) is 96.2 Å². The van der Waals surface area contributed by atoms with Gasteiger partial charge >= 0.3 is 0 Å². The largest absolute Gasteiger partial charge is 0.493 e. The highest BCUT2D eigenvalue weighted by molar-refractivity contribution is 5.75. The van der Waals surface area contributed by atoms with Crippen LogP contribution in [0.25, 0.3) is 0 Å². The minimum Gasteiger partial charge on any atom is -0.493 e. The molecule has 0 bridgehead atoms. The van der Waals surface area contributed by atoms with Gasteiger partial charge in [-0.05, 0) is 83.0 Å². The maximum Gasteiger partial charge on any atom is 0.189 e. The summed E-state index contributed by atoms with van der Waals surface area (Å²) in [6.07, 6.45) is 10.0. The molecule has 0 saturated heterocycles. The van der Waals surface area contributed by atoms with Gasteiger partial charge in [0, 0.05) is 29.7 Å². The van der Waals surface area contributed by atoms with Gasteiger partial charge in [-0.25, -0.2) is 9.13 Å². The van der Waals surface area contributed by atoms with E-state index in [0.717, 1.165) is 29.7 Å². The van der Waals surface area contributed by atoms with E-state index in [1.165, 1.54) is 22.3 Å². The zero-order valence-electron chi connectivity index (χ0n) is 31.7. The molecule has 2 aliphatic carbocycles. The molecule has 3 aromatic carbocycles. The van der Waals surface area contributed by atoms with E-state index in [4.69, 9.17) is 18.9 Å². The van der Waals surface area contributed by atoms with Crippen molar-refractivity contribution < 1.29 is 28.1 Å². The van der Waals surface area contributed by atoms with Gasteiger partial charge in [-0.1, -0.05) is 39.8 Å². The summed E-state index contributed by atoms with van der Waals surface area (Å²) in [6, 6.07) is 21.2. The first-order valence-corrected chi connectivity index (χ1v) is 18.1. The summed E-state index contributed by atoms with van der Waals surface area (Å²) in [7, 11) is 3.43. The highest BCUT2D eigenvalue weighted by Crippen LogP contribution is 2.67. The molecule has 53 heavy (non-hydrogen) atoms. The number of methoxy groups -OCH3 is 2. The second kappa shape index (κ2) is 12.1. The molecule has 1 spiro atoms. The Balaban J connectivity index is 1.43. The maximum absolute atomic E-state index is 10.3. The quantitative estimate of drug-likeness (QED) is 0.162. The molecule has 1 aliphatic heterocycles. The van der Waals surface area contributed by atoms with Crippen LogP contribution < -0.4 is 28.1 Å². The van der Waals surface area contributed by atoms with Crippen molar-refractivity contribution in [2.24, 2.45) is 0 Å². The van der Waals surface area contributed by atoms with Gasteiger partial charge in [0.1, 0.15) is 23.3 Å². The normalized spacial score (nSPS) is 18.1. The highest BCUT2D eigenvalue weighted by atomic mass is 16.6. The van der Waals surface area contributed by atoms with Gasteiger partial charge in [-0.2, -0.15) is 10.5 Å². The van der Waals surface area contributed by atoms with Gasteiger partial charge in [-0.3, -0.25) is 0 Å². The monoisotopic (exact) mass is 704 g/mol. The van der Waals surface area contributed by atoms with Gasteiger partial charge in [0.25, 0.3) is 0 Å². The minimum absolute atomic E-state index is 0.226. The lowest BCUT2D eigenvalue weighted by atomic mass is 9.72. The third-order valence-electron chi connectivity index (χ3n) is 11.8. The van der Waals surface area contributed by atoms with Crippen LogP contribution in [-0.4, -0.2) is 14.2 Å². The Morgan fingerprint density at radius 1 is 0.660 bits per heavy atom.